The molecule has 1 fully saturated rings. The molecule has 2 amide bonds. The van der Waals surface area contributed by atoms with Crippen LogP contribution in [0.15, 0.2) is 53.4 Å². The van der Waals surface area contributed by atoms with Crippen molar-refractivity contribution in [1.29, 1.82) is 0 Å². The average Bonchev–Trinajstić information content (AvgIpc) is 3.03. The summed E-state index contributed by atoms with van der Waals surface area (Å²) in [6.07, 6.45) is -0.0237. The largest absolute Gasteiger partial charge is 0.349 e. The van der Waals surface area contributed by atoms with Crippen LogP contribution >= 0.6 is 0 Å². The molecule has 0 bridgehead atoms. The first-order valence-electron chi connectivity index (χ1n) is 8.65. The molecule has 0 radical (unpaired) electrons. The lowest BCUT2D eigenvalue weighted by Gasteiger charge is -2.19. The van der Waals surface area contributed by atoms with Crippen molar-refractivity contribution >= 4 is 27.5 Å². The van der Waals surface area contributed by atoms with E-state index in [-0.39, 0.29) is 35.4 Å². The molecule has 0 aliphatic carbocycles. The van der Waals surface area contributed by atoms with Gasteiger partial charge in [0.2, 0.25) is 21.8 Å². The van der Waals surface area contributed by atoms with Crippen LogP contribution in [0, 0.1) is 11.7 Å². The maximum atomic E-state index is 14.0. The van der Waals surface area contributed by atoms with Gasteiger partial charge >= 0.3 is 0 Å². The standard InChI is InChI=1S/C19H20FN3O4S/c1-12(13-5-4-6-15(9-13)28(21,26)27)22-19(25)14-10-18(24)23(11-14)17-8-3-2-7-16(17)20/h2-9,12,14H,10-11H2,1H3,(H,22,25)(H2,21,26,27). The fourth-order valence-electron chi connectivity index (χ4n) is 3.16. The van der Waals surface area contributed by atoms with Crippen LogP contribution in [0.1, 0.15) is 24.9 Å². The number of hydrogen-bond donors (Lipinski definition) is 2. The van der Waals surface area contributed by atoms with Crippen molar-refractivity contribution < 1.29 is 22.4 Å². The number of benzene rings is 2. The predicted molar refractivity (Wildman–Crippen MR) is 101 cm³/mol. The third kappa shape index (κ3) is 4.20. The topological polar surface area (TPSA) is 110 Å². The summed E-state index contributed by atoms with van der Waals surface area (Å²) in [5.74, 6) is -1.84. The molecule has 1 aliphatic heterocycles. The van der Waals surface area contributed by atoms with Crippen LogP contribution in [0.4, 0.5) is 10.1 Å². The van der Waals surface area contributed by atoms with Gasteiger partial charge in [0.15, 0.2) is 0 Å². The minimum Gasteiger partial charge on any atom is -0.349 e. The zero-order chi connectivity index (χ0) is 20.5. The Morgan fingerprint density at radius 2 is 1.96 bits per heavy atom. The molecule has 2 aromatic carbocycles. The first-order valence-corrected chi connectivity index (χ1v) is 10.2. The molecule has 1 aliphatic rings. The highest BCUT2D eigenvalue weighted by atomic mass is 32.2. The second kappa shape index (κ2) is 7.69. The summed E-state index contributed by atoms with van der Waals surface area (Å²) in [6.45, 7) is 1.78. The number of halogens is 1. The first kappa shape index (κ1) is 20.0. The monoisotopic (exact) mass is 405 g/mol. The van der Waals surface area contributed by atoms with Crippen molar-refractivity contribution in [2.45, 2.75) is 24.3 Å². The van der Waals surface area contributed by atoms with Gasteiger partial charge in [0.25, 0.3) is 0 Å². The highest BCUT2D eigenvalue weighted by molar-refractivity contribution is 7.89. The van der Waals surface area contributed by atoms with E-state index in [0.717, 1.165) is 0 Å². The second-order valence-corrected chi connectivity index (χ2v) is 8.27. The smallest absolute Gasteiger partial charge is 0.238 e. The molecule has 0 saturated carbocycles. The molecule has 0 spiro atoms. The van der Waals surface area contributed by atoms with E-state index < -0.39 is 27.8 Å². The van der Waals surface area contributed by atoms with Crippen molar-refractivity contribution in [3.8, 4) is 0 Å². The van der Waals surface area contributed by atoms with Crippen LogP contribution in [0.25, 0.3) is 0 Å². The summed E-state index contributed by atoms with van der Waals surface area (Å²) in [6, 6.07) is 11.4. The van der Waals surface area contributed by atoms with Crippen LogP contribution in [0.2, 0.25) is 0 Å². The number of sulfonamides is 1. The van der Waals surface area contributed by atoms with Crippen molar-refractivity contribution in [2.24, 2.45) is 11.1 Å². The molecule has 0 aromatic heterocycles. The Labute approximate surface area is 162 Å². The Bertz CT molecular complexity index is 1030. The van der Waals surface area contributed by atoms with Gasteiger partial charge in [-0.25, -0.2) is 17.9 Å². The zero-order valence-corrected chi connectivity index (χ0v) is 15.9. The Morgan fingerprint density at radius 1 is 1.25 bits per heavy atom. The van der Waals surface area contributed by atoms with E-state index in [1.54, 1.807) is 19.1 Å². The molecule has 7 nitrogen and oxygen atoms in total. The molecule has 2 unspecified atom stereocenters. The maximum Gasteiger partial charge on any atom is 0.238 e. The van der Waals surface area contributed by atoms with E-state index in [9.17, 15) is 22.4 Å². The third-order valence-corrected chi connectivity index (χ3v) is 5.60. The van der Waals surface area contributed by atoms with E-state index in [4.69, 9.17) is 5.14 Å². The van der Waals surface area contributed by atoms with Crippen LogP contribution in [0.3, 0.4) is 0 Å². The van der Waals surface area contributed by atoms with Crippen LogP contribution in [0.5, 0.6) is 0 Å². The molecular weight excluding hydrogens is 385 g/mol. The van der Waals surface area contributed by atoms with Gasteiger partial charge in [-0.2, -0.15) is 0 Å². The summed E-state index contributed by atoms with van der Waals surface area (Å²) < 4.78 is 36.9. The SMILES string of the molecule is CC(NC(=O)C1CC(=O)N(c2ccccc2F)C1)c1cccc(S(N)(=O)=O)c1. The van der Waals surface area contributed by atoms with Crippen LogP contribution in [-0.2, 0) is 19.6 Å². The molecule has 3 N–H and O–H groups in total. The highest BCUT2D eigenvalue weighted by Crippen LogP contribution is 2.28. The van der Waals surface area contributed by atoms with E-state index in [1.165, 1.54) is 41.3 Å². The summed E-state index contributed by atoms with van der Waals surface area (Å²) in [5, 5.41) is 7.91. The van der Waals surface area contributed by atoms with E-state index in [2.05, 4.69) is 5.32 Å². The Hall–Kier alpha value is -2.78. The lowest BCUT2D eigenvalue weighted by atomic mass is 10.1. The molecule has 2 atom stereocenters. The number of nitrogens with one attached hydrogen (secondary N) is 1. The number of carbonyl (C=O) groups excluding carboxylic acids is 2. The van der Waals surface area contributed by atoms with Crippen molar-refractivity contribution in [1.82, 2.24) is 5.32 Å². The molecule has 148 valence electrons. The zero-order valence-electron chi connectivity index (χ0n) is 15.1. The number of primary sulfonamides is 1. The molecule has 1 heterocycles. The Morgan fingerprint density at radius 3 is 2.64 bits per heavy atom. The van der Waals surface area contributed by atoms with Gasteiger partial charge in [0.05, 0.1) is 22.5 Å². The molecule has 2 aromatic rings. The lowest BCUT2D eigenvalue weighted by Crippen LogP contribution is -2.34. The first-order chi connectivity index (χ1) is 13.2. The summed E-state index contributed by atoms with van der Waals surface area (Å²) >= 11 is 0. The van der Waals surface area contributed by atoms with Crippen molar-refractivity contribution in [2.75, 3.05) is 11.4 Å². The van der Waals surface area contributed by atoms with Crippen molar-refractivity contribution in [3.63, 3.8) is 0 Å². The predicted octanol–water partition coefficient (Wildman–Crippen LogP) is 1.70. The summed E-state index contributed by atoms with van der Waals surface area (Å²) in [4.78, 5) is 26.1. The van der Waals surface area contributed by atoms with Gasteiger partial charge in [-0.3, -0.25) is 9.59 Å². The number of nitrogens with zero attached hydrogens (tertiary/aromatic N) is 1. The number of rotatable bonds is 5. The number of carbonyl (C=O) groups is 2. The van der Waals surface area contributed by atoms with Crippen LogP contribution in [-0.4, -0.2) is 26.8 Å². The molecular formula is C19H20FN3O4S. The minimum absolute atomic E-state index is 0.0237. The van der Waals surface area contributed by atoms with Gasteiger partial charge in [0, 0.05) is 13.0 Å². The Balaban J connectivity index is 1.70. The fourth-order valence-corrected chi connectivity index (χ4v) is 3.73. The molecule has 1 saturated heterocycles. The van der Waals surface area contributed by atoms with Crippen LogP contribution < -0.4 is 15.4 Å². The number of hydrogen-bond acceptors (Lipinski definition) is 4. The molecule has 3 rings (SSSR count). The van der Waals surface area contributed by atoms with Gasteiger partial charge in [-0.1, -0.05) is 24.3 Å². The number of amides is 2. The van der Waals surface area contributed by atoms with E-state index >= 15 is 0 Å². The quantitative estimate of drug-likeness (QED) is 0.789. The minimum atomic E-state index is -3.85. The number of para-hydroxylation sites is 1. The van der Waals surface area contributed by atoms with Crippen molar-refractivity contribution in [3.05, 3.63) is 59.9 Å². The average molecular weight is 405 g/mol. The van der Waals surface area contributed by atoms with E-state index in [0.29, 0.717) is 5.56 Å². The summed E-state index contributed by atoms with van der Waals surface area (Å²) in [5.41, 5.74) is 0.715. The second-order valence-electron chi connectivity index (χ2n) is 6.70. The molecule has 28 heavy (non-hydrogen) atoms. The van der Waals surface area contributed by atoms with Gasteiger partial charge in [-0.05, 0) is 36.8 Å². The van der Waals surface area contributed by atoms with Gasteiger partial charge in [0.1, 0.15) is 5.82 Å². The number of nitrogens with two attached hydrogens (primary N) is 1. The fraction of sp³-hybridized carbons (Fsp3) is 0.263. The normalized spacial score (nSPS) is 18.2. The lowest BCUT2D eigenvalue weighted by molar-refractivity contribution is -0.126. The van der Waals surface area contributed by atoms with E-state index in [1.807, 2.05) is 0 Å². The maximum absolute atomic E-state index is 14.0. The summed E-state index contributed by atoms with van der Waals surface area (Å²) in [7, 11) is -3.85. The van der Waals surface area contributed by atoms with Gasteiger partial charge in [-0.15, -0.1) is 0 Å². The molecule has 9 heteroatoms. The van der Waals surface area contributed by atoms with Gasteiger partial charge < -0.3 is 10.2 Å². The number of anilines is 1. The Kier molecular flexibility index (Phi) is 5.48. The highest BCUT2D eigenvalue weighted by Gasteiger charge is 2.36. The third-order valence-electron chi connectivity index (χ3n) is 4.68.